The minimum atomic E-state index is -0.478. The largest absolute Gasteiger partial charge is 0.497 e. The van der Waals surface area contributed by atoms with Gasteiger partial charge in [0.1, 0.15) is 17.2 Å². The molecule has 0 aromatic heterocycles. The molecule has 0 atom stereocenters. The molecule has 170 valence electrons. The summed E-state index contributed by atoms with van der Waals surface area (Å²) in [5, 5.41) is 0. The van der Waals surface area contributed by atoms with E-state index in [4.69, 9.17) is 14.2 Å². The Bertz CT molecular complexity index is 1200. The van der Waals surface area contributed by atoms with Crippen LogP contribution in [0.1, 0.15) is 0 Å². The van der Waals surface area contributed by atoms with Gasteiger partial charge in [0.15, 0.2) is 0 Å². The van der Waals surface area contributed by atoms with Gasteiger partial charge in [-0.25, -0.2) is 4.79 Å². The number of benzene rings is 4. The van der Waals surface area contributed by atoms with Gasteiger partial charge in [0, 0.05) is 23.1 Å². The van der Waals surface area contributed by atoms with Gasteiger partial charge in [-0.2, -0.15) is 0 Å². The Labute approximate surface area is 199 Å². The first-order valence-corrected chi connectivity index (χ1v) is 10.7. The van der Waals surface area contributed by atoms with Gasteiger partial charge in [-0.3, -0.25) is 0 Å². The van der Waals surface area contributed by atoms with Crippen molar-refractivity contribution in [2.45, 2.75) is 0 Å². The van der Waals surface area contributed by atoms with Crippen LogP contribution in [0.5, 0.6) is 17.2 Å². The van der Waals surface area contributed by atoms with Crippen LogP contribution in [0.15, 0.2) is 110 Å². The molecule has 0 bridgehead atoms. The Morgan fingerprint density at radius 1 is 0.618 bits per heavy atom. The molecule has 4 rings (SSSR count). The third kappa shape index (κ3) is 5.10. The third-order valence-corrected chi connectivity index (χ3v) is 5.36. The summed E-state index contributed by atoms with van der Waals surface area (Å²) in [7, 11) is 3.32. The highest BCUT2D eigenvalue weighted by Gasteiger charge is 2.13. The average molecular weight is 452 g/mol. The zero-order chi connectivity index (χ0) is 23.9. The van der Waals surface area contributed by atoms with Crippen LogP contribution in [-0.4, -0.2) is 20.2 Å². The Balaban J connectivity index is 1.65. The zero-order valence-corrected chi connectivity index (χ0v) is 19.1. The monoisotopic (exact) mass is 451 g/mol. The number of rotatable bonds is 8. The number of methoxy groups -OCH3 is 2. The van der Waals surface area contributed by atoms with E-state index < -0.39 is 5.97 Å². The fourth-order valence-corrected chi connectivity index (χ4v) is 3.59. The first-order valence-electron chi connectivity index (χ1n) is 10.7. The number of anilines is 3. The minimum absolute atomic E-state index is 0.478. The molecule has 0 fully saturated rings. The Morgan fingerprint density at radius 3 is 1.35 bits per heavy atom. The van der Waals surface area contributed by atoms with E-state index in [9.17, 15) is 4.79 Å². The van der Waals surface area contributed by atoms with E-state index in [1.165, 1.54) is 0 Å². The van der Waals surface area contributed by atoms with Gasteiger partial charge in [0.2, 0.25) is 0 Å². The molecule has 0 aliphatic carbocycles. The maximum absolute atomic E-state index is 11.4. The summed E-state index contributed by atoms with van der Waals surface area (Å²) >= 11 is 0. The van der Waals surface area contributed by atoms with Crippen molar-refractivity contribution in [2.75, 3.05) is 19.1 Å². The Hall–Kier alpha value is -4.51. The van der Waals surface area contributed by atoms with E-state index in [0.717, 1.165) is 45.8 Å². The van der Waals surface area contributed by atoms with E-state index in [2.05, 4.69) is 35.7 Å². The van der Waals surface area contributed by atoms with E-state index in [1.54, 1.807) is 26.4 Å². The number of ether oxygens (including phenoxy) is 3. The molecule has 4 aromatic rings. The van der Waals surface area contributed by atoms with Crippen molar-refractivity contribution in [3.63, 3.8) is 0 Å². The van der Waals surface area contributed by atoms with E-state index in [1.807, 2.05) is 60.7 Å². The molecule has 0 aliphatic rings. The quantitative estimate of drug-likeness (QED) is 0.165. The van der Waals surface area contributed by atoms with Gasteiger partial charge < -0.3 is 19.1 Å². The van der Waals surface area contributed by atoms with Gasteiger partial charge in [0.05, 0.1) is 14.2 Å². The second-order valence-corrected chi connectivity index (χ2v) is 7.43. The van der Waals surface area contributed by atoms with Crippen molar-refractivity contribution in [1.82, 2.24) is 0 Å². The second kappa shape index (κ2) is 10.4. The van der Waals surface area contributed by atoms with Crippen LogP contribution in [0.25, 0.3) is 11.1 Å². The van der Waals surface area contributed by atoms with Crippen LogP contribution < -0.4 is 19.1 Å². The van der Waals surface area contributed by atoms with Gasteiger partial charge in [-0.1, -0.05) is 30.8 Å². The fraction of sp³-hybridized carbons (Fsp3) is 0.0690. The molecule has 5 heteroatoms. The molecule has 4 aromatic carbocycles. The molecule has 0 saturated carbocycles. The Kier molecular flexibility index (Phi) is 6.94. The second-order valence-electron chi connectivity index (χ2n) is 7.43. The number of carbonyl (C=O) groups excluding carboxylic acids is 1. The van der Waals surface area contributed by atoms with Crippen LogP contribution in [0.2, 0.25) is 0 Å². The third-order valence-electron chi connectivity index (χ3n) is 5.36. The lowest BCUT2D eigenvalue weighted by molar-refractivity contribution is -0.128. The van der Waals surface area contributed by atoms with Crippen LogP contribution >= 0.6 is 0 Å². The maximum Gasteiger partial charge on any atom is 0.335 e. The smallest absolute Gasteiger partial charge is 0.335 e. The fourth-order valence-electron chi connectivity index (χ4n) is 3.59. The summed E-state index contributed by atoms with van der Waals surface area (Å²) in [4.78, 5) is 13.6. The summed E-state index contributed by atoms with van der Waals surface area (Å²) < 4.78 is 15.8. The normalized spacial score (nSPS) is 10.3. The first-order chi connectivity index (χ1) is 16.6. The highest BCUT2D eigenvalue weighted by Crippen LogP contribution is 2.37. The number of hydrogen-bond acceptors (Lipinski definition) is 5. The summed E-state index contributed by atoms with van der Waals surface area (Å²) in [5.41, 5.74) is 5.09. The molecule has 0 saturated heterocycles. The molecule has 5 nitrogen and oxygen atoms in total. The average Bonchev–Trinajstić information content (AvgIpc) is 2.90. The SMILES string of the molecule is C=CC(=O)Oc1ccc(-c2ccc(N(c3ccc(OC)cc3)c3ccc(OC)cc3)cc2)cc1. The molecular formula is C29H25NO4. The molecule has 0 amide bonds. The van der Waals surface area contributed by atoms with Crippen molar-refractivity contribution in [3.05, 3.63) is 110 Å². The van der Waals surface area contributed by atoms with Crippen molar-refractivity contribution in [2.24, 2.45) is 0 Å². The summed E-state index contributed by atoms with van der Waals surface area (Å²) in [5.74, 6) is 1.61. The van der Waals surface area contributed by atoms with Crippen molar-refractivity contribution in [3.8, 4) is 28.4 Å². The molecule has 0 aliphatic heterocycles. The lowest BCUT2D eigenvalue weighted by atomic mass is 10.0. The summed E-state index contributed by atoms with van der Waals surface area (Å²) in [6.07, 6.45) is 1.14. The van der Waals surface area contributed by atoms with Gasteiger partial charge in [-0.05, 0) is 83.9 Å². The molecular weight excluding hydrogens is 426 g/mol. The van der Waals surface area contributed by atoms with E-state index in [0.29, 0.717) is 5.75 Å². The lowest BCUT2D eigenvalue weighted by Gasteiger charge is -2.26. The Morgan fingerprint density at radius 2 is 0.971 bits per heavy atom. The van der Waals surface area contributed by atoms with Crippen molar-refractivity contribution in [1.29, 1.82) is 0 Å². The van der Waals surface area contributed by atoms with Gasteiger partial charge in [-0.15, -0.1) is 0 Å². The maximum atomic E-state index is 11.4. The van der Waals surface area contributed by atoms with Crippen LogP contribution in [0, 0.1) is 0 Å². The molecule has 0 heterocycles. The highest BCUT2D eigenvalue weighted by molar-refractivity contribution is 5.83. The zero-order valence-electron chi connectivity index (χ0n) is 19.1. The standard InChI is InChI=1S/C29H25NO4/c1-4-29(31)34-28-15-7-22(8-16-28)21-5-9-23(10-6-21)30(24-11-17-26(32-2)18-12-24)25-13-19-27(33-3)20-14-25/h4-20H,1H2,2-3H3. The highest BCUT2D eigenvalue weighted by atomic mass is 16.5. The van der Waals surface area contributed by atoms with Crippen molar-refractivity contribution >= 4 is 23.0 Å². The molecule has 0 spiro atoms. The van der Waals surface area contributed by atoms with E-state index in [-0.39, 0.29) is 0 Å². The van der Waals surface area contributed by atoms with Crippen LogP contribution in [-0.2, 0) is 4.79 Å². The van der Waals surface area contributed by atoms with Crippen LogP contribution in [0.3, 0.4) is 0 Å². The lowest BCUT2D eigenvalue weighted by Crippen LogP contribution is -2.09. The molecule has 0 unspecified atom stereocenters. The first kappa shape index (κ1) is 22.7. The van der Waals surface area contributed by atoms with Crippen molar-refractivity contribution < 1.29 is 19.0 Å². The van der Waals surface area contributed by atoms with E-state index >= 15 is 0 Å². The molecule has 34 heavy (non-hydrogen) atoms. The minimum Gasteiger partial charge on any atom is -0.497 e. The topological polar surface area (TPSA) is 48.0 Å². The number of carbonyl (C=O) groups is 1. The summed E-state index contributed by atoms with van der Waals surface area (Å²) in [6, 6.07) is 31.6. The number of hydrogen-bond donors (Lipinski definition) is 0. The number of nitrogens with zero attached hydrogens (tertiary/aromatic N) is 1. The predicted octanol–water partition coefficient (Wildman–Crippen LogP) is 6.93. The van der Waals surface area contributed by atoms with Gasteiger partial charge >= 0.3 is 5.97 Å². The van der Waals surface area contributed by atoms with Crippen LogP contribution in [0.4, 0.5) is 17.1 Å². The summed E-state index contributed by atoms with van der Waals surface area (Å²) in [6.45, 7) is 3.41. The van der Waals surface area contributed by atoms with Gasteiger partial charge in [0.25, 0.3) is 0 Å². The molecule has 0 radical (unpaired) electrons. The predicted molar refractivity (Wildman–Crippen MR) is 135 cm³/mol. The number of esters is 1. The molecule has 0 N–H and O–H groups in total.